The summed E-state index contributed by atoms with van der Waals surface area (Å²) >= 11 is 0. The Bertz CT molecular complexity index is 740. The average molecular weight is 394 g/mol. The van der Waals surface area contributed by atoms with Crippen LogP contribution in [0, 0.1) is 5.92 Å². The summed E-state index contributed by atoms with van der Waals surface area (Å²) in [7, 11) is 2.23. The van der Waals surface area contributed by atoms with Crippen LogP contribution >= 0.6 is 0 Å². The highest BCUT2D eigenvalue weighted by Gasteiger charge is 2.24. The Labute approximate surface area is 175 Å². The first-order chi connectivity index (χ1) is 14.2. The normalized spacial score (nSPS) is 21.6. The van der Waals surface area contributed by atoms with Gasteiger partial charge in [-0.2, -0.15) is 0 Å². The monoisotopic (exact) mass is 393 g/mol. The molecule has 1 aromatic carbocycles. The van der Waals surface area contributed by atoms with Gasteiger partial charge >= 0.3 is 0 Å². The topological polar surface area (TPSA) is 35.5 Å². The molecule has 0 radical (unpaired) electrons. The largest absolute Gasteiger partial charge is 0.341 e. The SMILES string of the molecule is C[C@H]1CCCN(c2ncc(CN(Cc3ccccc3)C3CCN(C)CC3)cn2)C1. The van der Waals surface area contributed by atoms with Gasteiger partial charge in [-0.25, -0.2) is 9.97 Å². The van der Waals surface area contributed by atoms with Crippen molar-refractivity contribution in [1.82, 2.24) is 19.8 Å². The van der Waals surface area contributed by atoms with Gasteiger partial charge in [0.15, 0.2) is 0 Å². The van der Waals surface area contributed by atoms with E-state index in [0.29, 0.717) is 6.04 Å². The van der Waals surface area contributed by atoms with Crippen LogP contribution in [0.25, 0.3) is 0 Å². The minimum absolute atomic E-state index is 0.619. The molecule has 5 heteroatoms. The van der Waals surface area contributed by atoms with Crippen LogP contribution < -0.4 is 4.90 Å². The van der Waals surface area contributed by atoms with Crippen LogP contribution in [-0.4, -0.2) is 59.0 Å². The van der Waals surface area contributed by atoms with Gasteiger partial charge in [-0.15, -0.1) is 0 Å². The standard InChI is InChI=1S/C24H35N5/c1-20-7-6-12-28(17-20)24-25-15-22(16-26-24)19-29(18-21-8-4-3-5-9-21)23-10-13-27(2)14-11-23/h3-5,8-9,15-16,20,23H,6-7,10-14,17-19H2,1-2H3/t20-/m0/s1. The second-order valence-corrected chi connectivity index (χ2v) is 9.01. The van der Waals surface area contributed by atoms with E-state index in [4.69, 9.17) is 9.97 Å². The van der Waals surface area contributed by atoms with Crippen molar-refractivity contribution < 1.29 is 0 Å². The minimum atomic E-state index is 0.619. The summed E-state index contributed by atoms with van der Waals surface area (Å²) in [5.41, 5.74) is 2.60. The van der Waals surface area contributed by atoms with Gasteiger partial charge in [-0.1, -0.05) is 37.3 Å². The number of anilines is 1. The second-order valence-electron chi connectivity index (χ2n) is 9.01. The molecule has 2 aromatic rings. The third-order valence-corrected chi connectivity index (χ3v) is 6.45. The van der Waals surface area contributed by atoms with Crippen molar-refractivity contribution in [3.05, 3.63) is 53.9 Å². The van der Waals surface area contributed by atoms with E-state index in [1.807, 2.05) is 0 Å². The van der Waals surface area contributed by atoms with Gasteiger partial charge in [0.2, 0.25) is 5.95 Å². The predicted octanol–water partition coefficient (Wildman–Crippen LogP) is 3.81. The first-order valence-electron chi connectivity index (χ1n) is 11.2. The van der Waals surface area contributed by atoms with Gasteiger partial charge in [-0.05, 0) is 57.3 Å². The molecule has 2 fully saturated rings. The summed E-state index contributed by atoms with van der Waals surface area (Å²) < 4.78 is 0. The molecule has 2 aliphatic rings. The molecule has 29 heavy (non-hydrogen) atoms. The maximum Gasteiger partial charge on any atom is 0.225 e. The van der Waals surface area contributed by atoms with E-state index in [2.05, 4.69) is 71.4 Å². The Morgan fingerprint density at radius 1 is 0.931 bits per heavy atom. The van der Waals surface area contributed by atoms with Crippen LogP contribution in [0.5, 0.6) is 0 Å². The number of benzene rings is 1. The molecule has 2 saturated heterocycles. The molecule has 0 saturated carbocycles. The number of nitrogens with zero attached hydrogens (tertiary/aromatic N) is 5. The lowest BCUT2D eigenvalue weighted by Crippen LogP contribution is -2.43. The zero-order chi connectivity index (χ0) is 20.1. The Balaban J connectivity index is 1.45. The van der Waals surface area contributed by atoms with Crippen LogP contribution in [0.4, 0.5) is 5.95 Å². The summed E-state index contributed by atoms with van der Waals surface area (Å²) in [4.78, 5) is 16.9. The van der Waals surface area contributed by atoms with E-state index in [1.165, 1.54) is 49.9 Å². The molecular formula is C24H35N5. The molecular weight excluding hydrogens is 358 g/mol. The fourth-order valence-electron chi connectivity index (χ4n) is 4.69. The Hall–Kier alpha value is -1.98. The van der Waals surface area contributed by atoms with Crippen molar-refractivity contribution in [2.24, 2.45) is 5.92 Å². The molecule has 1 atom stereocenters. The van der Waals surface area contributed by atoms with Crippen LogP contribution in [-0.2, 0) is 13.1 Å². The first kappa shape index (κ1) is 20.3. The highest BCUT2D eigenvalue weighted by atomic mass is 15.3. The highest BCUT2D eigenvalue weighted by Crippen LogP contribution is 2.22. The zero-order valence-electron chi connectivity index (χ0n) is 18.0. The summed E-state index contributed by atoms with van der Waals surface area (Å²) in [5, 5.41) is 0. The highest BCUT2D eigenvalue weighted by molar-refractivity contribution is 5.30. The molecule has 0 N–H and O–H groups in total. The summed E-state index contributed by atoms with van der Waals surface area (Å²) in [6.07, 6.45) is 9.12. The second kappa shape index (κ2) is 9.68. The van der Waals surface area contributed by atoms with Crippen LogP contribution in [0.3, 0.4) is 0 Å². The Morgan fingerprint density at radius 3 is 2.31 bits per heavy atom. The van der Waals surface area contributed by atoms with Crippen LogP contribution in [0.1, 0.15) is 43.7 Å². The van der Waals surface area contributed by atoms with E-state index in [-0.39, 0.29) is 0 Å². The molecule has 156 valence electrons. The van der Waals surface area contributed by atoms with Gasteiger partial charge in [0.1, 0.15) is 0 Å². The van der Waals surface area contributed by atoms with Crippen molar-refractivity contribution in [2.75, 3.05) is 38.1 Å². The van der Waals surface area contributed by atoms with Crippen LogP contribution in [0.15, 0.2) is 42.7 Å². The van der Waals surface area contributed by atoms with Gasteiger partial charge in [0, 0.05) is 50.2 Å². The molecule has 2 aliphatic heterocycles. The molecule has 0 amide bonds. The van der Waals surface area contributed by atoms with E-state index >= 15 is 0 Å². The van der Waals surface area contributed by atoms with Crippen molar-refractivity contribution in [3.63, 3.8) is 0 Å². The number of rotatable bonds is 6. The van der Waals surface area contributed by atoms with Gasteiger partial charge < -0.3 is 9.80 Å². The summed E-state index contributed by atoms with van der Waals surface area (Å²) in [6.45, 7) is 8.75. The van der Waals surface area contributed by atoms with E-state index < -0.39 is 0 Å². The summed E-state index contributed by atoms with van der Waals surface area (Å²) in [6, 6.07) is 11.5. The minimum Gasteiger partial charge on any atom is -0.341 e. The van der Waals surface area contributed by atoms with E-state index in [9.17, 15) is 0 Å². The first-order valence-corrected chi connectivity index (χ1v) is 11.2. The maximum atomic E-state index is 4.73. The lowest BCUT2D eigenvalue weighted by Gasteiger charge is -2.37. The summed E-state index contributed by atoms with van der Waals surface area (Å²) in [5.74, 6) is 1.63. The maximum absolute atomic E-state index is 4.73. The van der Waals surface area contributed by atoms with Gasteiger partial charge in [0.25, 0.3) is 0 Å². The number of likely N-dealkylation sites (tertiary alicyclic amines) is 1. The Kier molecular flexibility index (Phi) is 6.78. The fourth-order valence-corrected chi connectivity index (χ4v) is 4.69. The molecule has 0 unspecified atom stereocenters. The smallest absolute Gasteiger partial charge is 0.225 e. The quantitative estimate of drug-likeness (QED) is 0.746. The van der Waals surface area contributed by atoms with Crippen molar-refractivity contribution in [3.8, 4) is 0 Å². The lowest BCUT2D eigenvalue weighted by molar-refractivity contribution is 0.108. The third-order valence-electron chi connectivity index (χ3n) is 6.45. The van der Waals surface area contributed by atoms with Gasteiger partial charge in [-0.3, -0.25) is 4.90 Å². The van der Waals surface area contributed by atoms with Crippen LogP contribution in [0.2, 0.25) is 0 Å². The molecule has 4 rings (SSSR count). The molecule has 5 nitrogen and oxygen atoms in total. The molecule has 0 aliphatic carbocycles. The lowest BCUT2D eigenvalue weighted by atomic mass is 10.0. The fraction of sp³-hybridized carbons (Fsp3) is 0.583. The van der Waals surface area contributed by atoms with E-state index in [1.54, 1.807) is 0 Å². The molecule has 1 aromatic heterocycles. The number of hydrogen-bond donors (Lipinski definition) is 0. The molecule has 0 bridgehead atoms. The van der Waals surface area contributed by atoms with Crippen molar-refractivity contribution >= 4 is 5.95 Å². The third kappa shape index (κ3) is 5.55. The zero-order valence-corrected chi connectivity index (χ0v) is 18.0. The molecule has 0 spiro atoms. The molecule has 3 heterocycles. The predicted molar refractivity (Wildman–Crippen MR) is 119 cm³/mol. The number of aromatic nitrogens is 2. The van der Waals surface area contributed by atoms with Crippen molar-refractivity contribution in [1.29, 1.82) is 0 Å². The average Bonchev–Trinajstić information content (AvgIpc) is 2.75. The van der Waals surface area contributed by atoms with E-state index in [0.717, 1.165) is 38.0 Å². The van der Waals surface area contributed by atoms with Gasteiger partial charge in [0.05, 0.1) is 0 Å². The Morgan fingerprint density at radius 2 is 1.62 bits per heavy atom. The number of piperidine rings is 2. The number of hydrogen-bond acceptors (Lipinski definition) is 5. The van der Waals surface area contributed by atoms with Crippen molar-refractivity contribution in [2.45, 2.75) is 51.7 Å².